The zero-order valence-electron chi connectivity index (χ0n) is 11.2. The second kappa shape index (κ2) is 6.45. The van der Waals surface area contributed by atoms with Crippen LogP contribution < -0.4 is 10.1 Å². The number of nitrogens with one attached hydrogen (secondary N) is 1. The van der Waals surface area contributed by atoms with Gasteiger partial charge in [0.1, 0.15) is 11.5 Å². The molecule has 0 aromatic heterocycles. The maximum absolute atomic E-state index is 6.29. The van der Waals surface area contributed by atoms with E-state index in [0.29, 0.717) is 32.6 Å². The minimum atomic E-state index is 0.536. The van der Waals surface area contributed by atoms with Crippen LogP contribution in [-0.2, 0) is 6.54 Å². The fourth-order valence-electron chi connectivity index (χ4n) is 2.00. The lowest BCUT2D eigenvalue weighted by atomic mass is 10.2. The van der Waals surface area contributed by atoms with Crippen LogP contribution in [0.3, 0.4) is 0 Å². The number of hydrogen-bond acceptors (Lipinski definition) is 2. The van der Waals surface area contributed by atoms with E-state index in [9.17, 15) is 0 Å². The fraction of sp³-hybridized carbons (Fsp3) is 0.250. The maximum Gasteiger partial charge on any atom is 0.130 e. The van der Waals surface area contributed by atoms with Crippen molar-refractivity contribution in [3.05, 3.63) is 57.0 Å². The molecule has 3 rings (SSSR count). The van der Waals surface area contributed by atoms with Gasteiger partial charge in [0.05, 0.1) is 0 Å². The summed E-state index contributed by atoms with van der Waals surface area (Å²) in [5.74, 6) is 1.25. The maximum atomic E-state index is 6.29. The largest absolute Gasteiger partial charge is 0.457 e. The summed E-state index contributed by atoms with van der Waals surface area (Å²) in [6.07, 6.45) is 2.52. The van der Waals surface area contributed by atoms with Crippen LogP contribution in [0, 0.1) is 0 Å². The van der Waals surface area contributed by atoms with Crippen LogP contribution in [-0.4, -0.2) is 6.04 Å². The van der Waals surface area contributed by atoms with E-state index < -0.39 is 0 Å². The molecular formula is C16H14Cl3NO. The molecule has 5 heteroatoms. The van der Waals surface area contributed by atoms with Gasteiger partial charge < -0.3 is 10.1 Å². The Morgan fingerprint density at radius 2 is 1.67 bits per heavy atom. The Bertz CT molecular complexity index is 636. The van der Waals surface area contributed by atoms with Crippen molar-refractivity contribution in [3.63, 3.8) is 0 Å². The summed E-state index contributed by atoms with van der Waals surface area (Å²) in [5.41, 5.74) is 1.07. The minimum absolute atomic E-state index is 0.536. The SMILES string of the molecule is Clc1cc(Cl)cc(Oc2ccc(CNC3CC3)c(Cl)c2)c1. The number of rotatable bonds is 5. The Morgan fingerprint density at radius 1 is 0.952 bits per heavy atom. The van der Waals surface area contributed by atoms with Crippen molar-refractivity contribution in [1.82, 2.24) is 5.32 Å². The highest BCUT2D eigenvalue weighted by Crippen LogP contribution is 2.31. The zero-order chi connectivity index (χ0) is 14.8. The molecule has 2 aromatic rings. The lowest BCUT2D eigenvalue weighted by molar-refractivity contribution is 0.482. The quantitative estimate of drug-likeness (QED) is 0.753. The molecule has 1 aliphatic carbocycles. The zero-order valence-corrected chi connectivity index (χ0v) is 13.5. The molecule has 0 heterocycles. The summed E-state index contributed by atoms with van der Waals surface area (Å²) in [6, 6.07) is 11.4. The van der Waals surface area contributed by atoms with Gasteiger partial charge in [-0.05, 0) is 48.7 Å². The lowest BCUT2D eigenvalue weighted by Gasteiger charge is -2.10. The highest BCUT2D eigenvalue weighted by atomic mass is 35.5. The van der Waals surface area contributed by atoms with Gasteiger partial charge in [-0.3, -0.25) is 0 Å². The van der Waals surface area contributed by atoms with E-state index in [4.69, 9.17) is 39.5 Å². The van der Waals surface area contributed by atoms with Gasteiger partial charge in [-0.1, -0.05) is 40.9 Å². The van der Waals surface area contributed by atoms with Gasteiger partial charge in [0.15, 0.2) is 0 Å². The number of hydrogen-bond donors (Lipinski definition) is 1. The van der Waals surface area contributed by atoms with Crippen LogP contribution in [0.1, 0.15) is 18.4 Å². The first-order valence-electron chi connectivity index (χ1n) is 6.76. The first kappa shape index (κ1) is 15.0. The number of benzene rings is 2. The Balaban J connectivity index is 1.71. The summed E-state index contributed by atoms with van der Waals surface area (Å²) < 4.78 is 5.74. The molecule has 0 unspecified atom stereocenters. The third kappa shape index (κ3) is 4.27. The molecule has 1 N–H and O–H groups in total. The number of halogens is 3. The Kier molecular flexibility index (Phi) is 4.60. The molecule has 21 heavy (non-hydrogen) atoms. The Hall–Kier alpha value is -0.930. The fourth-order valence-corrected chi connectivity index (χ4v) is 2.74. The van der Waals surface area contributed by atoms with Crippen molar-refractivity contribution in [2.24, 2.45) is 0 Å². The molecule has 1 saturated carbocycles. The normalized spacial score (nSPS) is 14.2. The minimum Gasteiger partial charge on any atom is -0.457 e. The van der Waals surface area contributed by atoms with E-state index in [-0.39, 0.29) is 0 Å². The van der Waals surface area contributed by atoms with Crippen LogP contribution in [0.5, 0.6) is 11.5 Å². The molecule has 1 fully saturated rings. The van der Waals surface area contributed by atoms with E-state index in [1.165, 1.54) is 12.8 Å². The van der Waals surface area contributed by atoms with Gasteiger partial charge in [-0.25, -0.2) is 0 Å². The van der Waals surface area contributed by atoms with Crippen molar-refractivity contribution in [2.45, 2.75) is 25.4 Å². The van der Waals surface area contributed by atoms with Gasteiger partial charge in [0.2, 0.25) is 0 Å². The van der Waals surface area contributed by atoms with E-state index in [2.05, 4.69) is 5.32 Å². The highest BCUT2D eigenvalue weighted by Gasteiger charge is 2.20. The molecular weight excluding hydrogens is 329 g/mol. The van der Waals surface area contributed by atoms with Crippen molar-refractivity contribution in [2.75, 3.05) is 0 Å². The molecule has 2 aromatic carbocycles. The van der Waals surface area contributed by atoms with Crippen LogP contribution in [0.15, 0.2) is 36.4 Å². The summed E-state index contributed by atoms with van der Waals surface area (Å²) >= 11 is 18.2. The van der Waals surface area contributed by atoms with Crippen molar-refractivity contribution in [1.29, 1.82) is 0 Å². The molecule has 0 radical (unpaired) electrons. The highest BCUT2D eigenvalue weighted by molar-refractivity contribution is 6.34. The second-order valence-electron chi connectivity index (χ2n) is 5.12. The standard InChI is InChI=1S/C16H14Cl3NO/c17-11-5-12(18)7-15(6-11)21-14-4-1-10(16(19)8-14)9-20-13-2-3-13/h1,4-8,13,20H,2-3,9H2. The summed E-state index contributed by atoms with van der Waals surface area (Å²) in [7, 11) is 0. The lowest BCUT2D eigenvalue weighted by Crippen LogP contribution is -2.15. The van der Waals surface area contributed by atoms with Crippen LogP contribution in [0.4, 0.5) is 0 Å². The van der Waals surface area contributed by atoms with Gasteiger partial charge in [-0.15, -0.1) is 0 Å². The summed E-state index contributed by atoms with van der Waals surface area (Å²) in [4.78, 5) is 0. The van der Waals surface area contributed by atoms with Gasteiger partial charge in [-0.2, -0.15) is 0 Å². The summed E-state index contributed by atoms with van der Waals surface area (Å²) in [5, 5.41) is 5.20. The van der Waals surface area contributed by atoms with Gasteiger partial charge in [0.25, 0.3) is 0 Å². The molecule has 2 nitrogen and oxygen atoms in total. The van der Waals surface area contributed by atoms with Crippen molar-refractivity contribution in [3.8, 4) is 11.5 Å². The van der Waals surface area contributed by atoms with Gasteiger partial charge in [0, 0.05) is 27.7 Å². The average Bonchev–Trinajstić information content (AvgIpc) is 3.20. The first-order valence-corrected chi connectivity index (χ1v) is 7.89. The average molecular weight is 343 g/mol. The van der Waals surface area contributed by atoms with E-state index in [0.717, 1.165) is 12.1 Å². The predicted octanol–water partition coefficient (Wildman–Crippen LogP) is 5.69. The summed E-state index contributed by atoms with van der Waals surface area (Å²) in [6.45, 7) is 0.784. The predicted molar refractivity (Wildman–Crippen MR) is 87.8 cm³/mol. The number of ether oxygens (including phenoxy) is 1. The second-order valence-corrected chi connectivity index (χ2v) is 6.40. The van der Waals surface area contributed by atoms with Gasteiger partial charge >= 0.3 is 0 Å². The smallest absolute Gasteiger partial charge is 0.130 e. The van der Waals surface area contributed by atoms with E-state index in [1.807, 2.05) is 12.1 Å². The molecule has 110 valence electrons. The Morgan fingerprint density at radius 3 is 2.29 bits per heavy atom. The van der Waals surface area contributed by atoms with Crippen molar-refractivity contribution >= 4 is 34.8 Å². The van der Waals surface area contributed by atoms with E-state index >= 15 is 0 Å². The van der Waals surface area contributed by atoms with Crippen LogP contribution in [0.2, 0.25) is 15.1 Å². The third-order valence-electron chi connectivity index (χ3n) is 3.25. The molecule has 0 aliphatic heterocycles. The van der Waals surface area contributed by atoms with Crippen LogP contribution >= 0.6 is 34.8 Å². The topological polar surface area (TPSA) is 21.3 Å². The monoisotopic (exact) mass is 341 g/mol. The van der Waals surface area contributed by atoms with Crippen LogP contribution in [0.25, 0.3) is 0 Å². The molecule has 1 aliphatic rings. The molecule has 0 bridgehead atoms. The molecule has 0 amide bonds. The van der Waals surface area contributed by atoms with E-state index in [1.54, 1.807) is 24.3 Å². The molecule has 0 spiro atoms. The molecule has 0 atom stereocenters. The first-order chi connectivity index (χ1) is 10.1. The third-order valence-corrected chi connectivity index (χ3v) is 4.04. The molecule has 0 saturated heterocycles. The van der Waals surface area contributed by atoms with Crippen molar-refractivity contribution < 1.29 is 4.74 Å². The Labute approximate surface area is 139 Å².